The second kappa shape index (κ2) is 6.37. The van der Waals surface area contributed by atoms with Gasteiger partial charge in [0.25, 0.3) is 5.69 Å². The van der Waals surface area contributed by atoms with Crippen molar-refractivity contribution in [2.45, 2.75) is 13.5 Å². The quantitative estimate of drug-likeness (QED) is 0.488. The summed E-state index contributed by atoms with van der Waals surface area (Å²) in [5, 5.41) is 10.6. The second-order valence-corrected chi connectivity index (χ2v) is 4.83. The molecule has 0 spiro atoms. The Morgan fingerprint density at radius 1 is 1.29 bits per heavy atom. The zero-order valence-electron chi connectivity index (χ0n) is 11.2. The van der Waals surface area contributed by atoms with E-state index in [9.17, 15) is 14.9 Å². The molecule has 6 heteroatoms. The zero-order chi connectivity index (χ0) is 15.4. The highest BCUT2D eigenvalue weighted by atomic mass is 35.5. The van der Waals surface area contributed by atoms with E-state index in [2.05, 4.69) is 0 Å². The van der Waals surface area contributed by atoms with Crippen molar-refractivity contribution in [1.82, 2.24) is 0 Å². The highest BCUT2D eigenvalue weighted by molar-refractivity contribution is 6.33. The molecule has 108 valence electrons. The van der Waals surface area contributed by atoms with Gasteiger partial charge in [0.05, 0.1) is 15.5 Å². The fourth-order valence-electron chi connectivity index (χ4n) is 1.78. The van der Waals surface area contributed by atoms with Crippen molar-refractivity contribution >= 4 is 23.3 Å². The molecule has 0 bridgehead atoms. The number of nitrogens with zero attached hydrogens (tertiary/aromatic N) is 1. The van der Waals surface area contributed by atoms with Crippen molar-refractivity contribution in [3.8, 4) is 0 Å². The Labute approximate surface area is 126 Å². The molecule has 2 aromatic carbocycles. The summed E-state index contributed by atoms with van der Waals surface area (Å²) in [7, 11) is 0. The lowest BCUT2D eigenvalue weighted by atomic mass is 10.1. The Balaban J connectivity index is 2.11. The molecule has 0 aliphatic rings. The van der Waals surface area contributed by atoms with Gasteiger partial charge in [-0.3, -0.25) is 10.1 Å². The van der Waals surface area contributed by atoms with Crippen LogP contribution in [0.15, 0.2) is 42.5 Å². The van der Waals surface area contributed by atoms with E-state index in [-0.39, 0.29) is 22.9 Å². The number of hydrogen-bond acceptors (Lipinski definition) is 4. The molecule has 5 nitrogen and oxygen atoms in total. The number of carbonyl (C=O) groups excluding carboxylic acids is 1. The largest absolute Gasteiger partial charge is 0.457 e. The van der Waals surface area contributed by atoms with Crippen molar-refractivity contribution in [2.24, 2.45) is 0 Å². The average Bonchev–Trinajstić information content (AvgIpc) is 2.46. The Morgan fingerprint density at radius 3 is 2.62 bits per heavy atom. The number of hydrogen-bond donors (Lipinski definition) is 0. The molecule has 0 unspecified atom stereocenters. The van der Waals surface area contributed by atoms with Crippen molar-refractivity contribution < 1.29 is 14.5 Å². The van der Waals surface area contributed by atoms with Gasteiger partial charge in [-0.1, -0.05) is 35.9 Å². The molecule has 0 saturated heterocycles. The molecule has 0 heterocycles. The summed E-state index contributed by atoms with van der Waals surface area (Å²) in [6.45, 7) is 2.04. The lowest BCUT2D eigenvalue weighted by Crippen LogP contribution is -2.07. The summed E-state index contributed by atoms with van der Waals surface area (Å²) < 4.78 is 5.18. The molecule has 2 aromatic rings. The number of ether oxygens (including phenoxy) is 1. The number of non-ortho nitro benzene ring substituents is 1. The average molecular weight is 306 g/mol. The van der Waals surface area contributed by atoms with Gasteiger partial charge in [0, 0.05) is 12.1 Å². The monoisotopic (exact) mass is 305 g/mol. The summed E-state index contributed by atoms with van der Waals surface area (Å²) in [4.78, 5) is 22.0. The normalized spacial score (nSPS) is 10.2. The molecule has 0 aliphatic carbocycles. The van der Waals surface area contributed by atoms with Gasteiger partial charge in [-0.05, 0) is 24.1 Å². The molecule has 0 amide bonds. The lowest BCUT2D eigenvalue weighted by Gasteiger charge is -2.08. The van der Waals surface area contributed by atoms with Crippen LogP contribution < -0.4 is 0 Å². The Bertz CT molecular complexity index is 700. The molecular formula is C15H12ClNO4. The topological polar surface area (TPSA) is 69.4 Å². The molecule has 0 fully saturated rings. The predicted molar refractivity (Wildman–Crippen MR) is 78.4 cm³/mol. The third-order valence-electron chi connectivity index (χ3n) is 3.00. The number of halogens is 1. The van der Waals surface area contributed by atoms with Crippen LogP contribution >= 0.6 is 11.6 Å². The Hall–Kier alpha value is -2.40. The van der Waals surface area contributed by atoms with E-state index in [1.807, 2.05) is 31.2 Å². The molecule has 0 aromatic heterocycles. The first-order chi connectivity index (χ1) is 9.99. The Kier molecular flexibility index (Phi) is 4.55. The van der Waals surface area contributed by atoms with Gasteiger partial charge < -0.3 is 4.74 Å². The van der Waals surface area contributed by atoms with Crippen LogP contribution in [0.4, 0.5) is 5.69 Å². The predicted octanol–water partition coefficient (Wildman–Crippen LogP) is 3.91. The molecule has 0 radical (unpaired) electrons. The van der Waals surface area contributed by atoms with Crippen LogP contribution in [0, 0.1) is 17.0 Å². The molecular weight excluding hydrogens is 294 g/mol. The SMILES string of the molecule is Cc1ccccc1COC(=O)c1ccc([N+](=O)[O-])cc1Cl. The van der Waals surface area contributed by atoms with E-state index in [0.29, 0.717) is 0 Å². The minimum atomic E-state index is -0.613. The van der Waals surface area contributed by atoms with E-state index in [0.717, 1.165) is 17.2 Å². The van der Waals surface area contributed by atoms with E-state index >= 15 is 0 Å². The van der Waals surface area contributed by atoms with E-state index in [1.54, 1.807) is 0 Å². The Morgan fingerprint density at radius 2 is 2.00 bits per heavy atom. The van der Waals surface area contributed by atoms with Gasteiger partial charge in [0.15, 0.2) is 0 Å². The number of carbonyl (C=O) groups is 1. The molecule has 0 atom stereocenters. The minimum Gasteiger partial charge on any atom is -0.457 e. The number of nitro benzene ring substituents is 1. The van der Waals surface area contributed by atoms with E-state index in [1.165, 1.54) is 12.1 Å². The summed E-state index contributed by atoms with van der Waals surface area (Å²) in [5.41, 5.74) is 1.84. The maximum absolute atomic E-state index is 12.0. The van der Waals surface area contributed by atoms with E-state index in [4.69, 9.17) is 16.3 Å². The first-order valence-corrected chi connectivity index (χ1v) is 6.52. The van der Waals surface area contributed by atoms with Crippen LogP contribution in [0.5, 0.6) is 0 Å². The van der Waals surface area contributed by atoms with Gasteiger partial charge in [-0.15, -0.1) is 0 Å². The molecule has 0 aliphatic heterocycles. The van der Waals surface area contributed by atoms with Crippen molar-refractivity contribution in [1.29, 1.82) is 0 Å². The lowest BCUT2D eigenvalue weighted by molar-refractivity contribution is -0.384. The fraction of sp³-hybridized carbons (Fsp3) is 0.133. The van der Waals surface area contributed by atoms with Gasteiger partial charge in [0.2, 0.25) is 0 Å². The molecule has 2 rings (SSSR count). The van der Waals surface area contributed by atoms with Crippen LogP contribution in [0.3, 0.4) is 0 Å². The molecule has 21 heavy (non-hydrogen) atoms. The summed E-state index contributed by atoms with van der Waals surface area (Å²) in [6.07, 6.45) is 0. The van der Waals surface area contributed by atoms with Crippen LogP contribution in [0.2, 0.25) is 5.02 Å². The summed E-state index contributed by atoms with van der Waals surface area (Å²) >= 11 is 5.88. The molecule has 0 N–H and O–H groups in total. The van der Waals surface area contributed by atoms with Gasteiger partial charge in [-0.2, -0.15) is 0 Å². The maximum atomic E-state index is 12.0. The fourth-order valence-corrected chi connectivity index (χ4v) is 2.03. The third-order valence-corrected chi connectivity index (χ3v) is 3.32. The number of benzene rings is 2. The van der Waals surface area contributed by atoms with Crippen LogP contribution in [-0.4, -0.2) is 10.9 Å². The van der Waals surface area contributed by atoms with Crippen LogP contribution in [0.25, 0.3) is 0 Å². The smallest absolute Gasteiger partial charge is 0.339 e. The van der Waals surface area contributed by atoms with Gasteiger partial charge in [0.1, 0.15) is 6.61 Å². The summed E-state index contributed by atoms with van der Waals surface area (Å²) in [6, 6.07) is 11.2. The number of rotatable bonds is 4. The van der Waals surface area contributed by atoms with Crippen molar-refractivity contribution in [3.63, 3.8) is 0 Å². The first-order valence-electron chi connectivity index (χ1n) is 6.14. The van der Waals surface area contributed by atoms with Crippen molar-refractivity contribution in [3.05, 3.63) is 74.3 Å². The third kappa shape index (κ3) is 3.58. The highest BCUT2D eigenvalue weighted by Gasteiger charge is 2.16. The standard InChI is InChI=1S/C15H12ClNO4/c1-10-4-2-3-5-11(10)9-21-15(18)13-7-6-12(17(19)20)8-14(13)16/h2-8H,9H2,1H3. The summed E-state index contributed by atoms with van der Waals surface area (Å²) in [5.74, 6) is -0.613. The number of esters is 1. The van der Waals surface area contributed by atoms with E-state index < -0.39 is 10.9 Å². The van der Waals surface area contributed by atoms with Crippen LogP contribution in [-0.2, 0) is 11.3 Å². The zero-order valence-corrected chi connectivity index (χ0v) is 12.0. The number of aryl methyl sites for hydroxylation is 1. The van der Waals surface area contributed by atoms with Gasteiger partial charge >= 0.3 is 5.97 Å². The maximum Gasteiger partial charge on any atom is 0.339 e. The highest BCUT2D eigenvalue weighted by Crippen LogP contribution is 2.23. The number of nitro groups is 1. The van der Waals surface area contributed by atoms with Crippen molar-refractivity contribution in [2.75, 3.05) is 0 Å². The van der Waals surface area contributed by atoms with Crippen LogP contribution in [0.1, 0.15) is 21.5 Å². The minimum absolute atomic E-state index is 0.000941. The van der Waals surface area contributed by atoms with Gasteiger partial charge in [-0.25, -0.2) is 4.79 Å². The second-order valence-electron chi connectivity index (χ2n) is 4.42. The first kappa shape index (κ1) is 15.0. The molecule has 0 saturated carbocycles.